The maximum Gasteiger partial charge on any atom is 0.303 e. The number of rotatable bonds is 8. The summed E-state index contributed by atoms with van der Waals surface area (Å²) in [5, 5.41) is 9.89. The third kappa shape index (κ3) is 7.01. The van der Waals surface area contributed by atoms with E-state index in [4.69, 9.17) is 47.9 Å². The van der Waals surface area contributed by atoms with Crippen molar-refractivity contribution in [2.45, 2.75) is 55.5 Å². The molecule has 3 aromatic rings. The van der Waals surface area contributed by atoms with Crippen LogP contribution in [0.15, 0.2) is 28.6 Å². The number of esters is 3. The number of hydrogen-bond acceptors (Lipinski definition) is 13. The van der Waals surface area contributed by atoms with E-state index in [1.807, 2.05) is 0 Å². The smallest absolute Gasteiger partial charge is 0.303 e. The van der Waals surface area contributed by atoms with Crippen LogP contribution in [-0.4, -0.2) is 68.2 Å². The van der Waals surface area contributed by atoms with Crippen molar-refractivity contribution in [1.82, 2.24) is 20.0 Å². The molecule has 40 heavy (non-hydrogen) atoms. The zero-order valence-electron chi connectivity index (χ0n) is 21.1. The molecule has 2 N–H and O–H groups in total. The average molecular weight is 634 g/mol. The van der Waals surface area contributed by atoms with Crippen molar-refractivity contribution in [3.63, 3.8) is 0 Å². The van der Waals surface area contributed by atoms with E-state index in [0.29, 0.717) is 21.4 Å². The fourth-order valence-electron chi connectivity index (χ4n) is 3.96. The van der Waals surface area contributed by atoms with Gasteiger partial charge in [0.25, 0.3) is 0 Å². The molecule has 0 saturated carbocycles. The van der Waals surface area contributed by atoms with E-state index in [-0.39, 0.29) is 16.7 Å². The minimum absolute atomic E-state index is 0.232. The first-order valence-corrected chi connectivity index (χ1v) is 14.0. The van der Waals surface area contributed by atoms with Gasteiger partial charge >= 0.3 is 17.9 Å². The molecular weight excluding hydrogens is 612 g/mol. The van der Waals surface area contributed by atoms with E-state index in [9.17, 15) is 18.8 Å². The second kappa shape index (κ2) is 12.7. The second-order valence-corrected chi connectivity index (χ2v) is 11.3. The van der Waals surface area contributed by atoms with Gasteiger partial charge in [0.1, 0.15) is 35.6 Å². The molecule has 0 radical (unpaired) electrons. The number of nitrogen functional groups attached to an aromatic ring is 1. The number of hydrogen-bond donors (Lipinski definition) is 1. The molecule has 5 atom stereocenters. The van der Waals surface area contributed by atoms with Gasteiger partial charge in [-0.15, -0.1) is 16.4 Å². The zero-order chi connectivity index (χ0) is 29.1. The normalized spacial score (nSPS) is 22.5. The van der Waals surface area contributed by atoms with Crippen molar-refractivity contribution in [2.75, 3.05) is 12.3 Å². The first kappa shape index (κ1) is 30.0. The molecule has 4 rings (SSSR count). The van der Waals surface area contributed by atoms with Crippen LogP contribution in [0.4, 0.5) is 9.52 Å². The molecule has 1 aliphatic heterocycles. The number of carbonyl (C=O) groups excluding carboxylic acids is 3. The second-order valence-electron chi connectivity index (χ2n) is 8.46. The van der Waals surface area contributed by atoms with Crippen LogP contribution in [0, 0.1) is 5.82 Å². The number of benzene rings is 1. The highest BCUT2D eigenvalue weighted by atomic mass is 35.5. The Kier molecular flexibility index (Phi) is 9.51. The zero-order valence-corrected chi connectivity index (χ0v) is 24.2. The predicted molar refractivity (Wildman–Crippen MR) is 143 cm³/mol. The summed E-state index contributed by atoms with van der Waals surface area (Å²) >= 11 is 14.2. The number of thiazole rings is 1. The van der Waals surface area contributed by atoms with Crippen LogP contribution in [0.1, 0.15) is 26.8 Å². The molecule has 12 nitrogen and oxygen atoms in total. The summed E-state index contributed by atoms with van der Waals surface area (Å²) in [7, 11) is 0. The summed E-state index contributed by atoms with van der Waals surface area (Å²) in [6.07, 6.45) is -1.84. The standard InChI is InChI=1S/C23H22Cl2FN5O7S2/c1-9(32)35-7-17-20(36-10(2)33)19(31-6-15(29-30-31)16-8-39-23(27)28-16)21(37-11(3)34)22(38-17)40-12-4-13(24)18(26)14(25)5-12/h4-6,8,17,19-22H,7H2,1-3H3,(H2,27,28)/t17?,19?,20-,21-,22+/m0/s1. The molecule has 214 valence electrons. The maximum atomic E-state index is 14.1. The third-order valence-electron chi connectivity index (χ3n) is 5.48. The van der Waals surface area contributed by atoms with Crippen LogP contribution in [0.3, 0.4) is 0 Å². The highest BCUT2D eigenvalue weighted by molar-refractivity contribution is 7.99. The Morgan fingerprint density at radius 2 is 1.75 bits per heavy atom. The van der Waals surface area contributed by atoms with Crippen LogP contribution in [0.25, 0.3) is 11.4 Å². The highest BCUT2D eigenvalue weighted by Gasteiger charge is 2.52. The maximum absolute atomic E-state index is 14.1. The number of nitrogens with two attached hydrogens (primary N) is 1. The molecule has 17 heteroatoms. The predicted octanol–water partition coefficient (Wildman–Crippen LogP) is 3.91. The number of anilines is 1. The molecule has 1 aliphatic rings. The first-order chi connectivity index (χ1) is 18.9. The SMILES string of the molecule is CC(=O)OCC1O[C@H](Sc2cc(Cl)c(F)c(Cl)c2)[C@@H](OC(C)=O)C(n2cc(-c3csc(N)n3)nn2)[C@H]1OC(C)=O. The summed E-state index contributed by atoms with van der Waals surface area (Å²) in [6, 6.07) is 1.63. The van der Waals surface area contributed by atoms with Crippen LogP contribution >= 0.6 is 46.3 Å². The number of ether oxygens (including phenoxy) is 4. The molecule has 3 heterocycles. The van der Waals surface area contributed by atoms with Crippen molar-refractivity contribution < 1.29 is 37.7 Å². The van der Waals surface area contributed by atoms with E-state index >= 15 is 0 Å². The lowest BCUT2D eigenvalue weighted by atomic mass is 9.96. The molecule has 1 aromatic carbocycles. The van der Waals surface area contributed by atoms with E-state index in [0.717, 1.165) is 11.8 Å². The monoisotopic (exact) mass is 633 g/mol. The number of thioether (sulfide) groups is 1. The Balaban J connectivity index is 1.80. The lowest BCUT2D eigenvalue weighted by molar-refractivity contribution is -0.212. The highest BCUT2D eigenvalue weighted by Crippen LogP contribution is 2.43. The molecule has 0 amide bonds. The minimum atomic E-state index is -1.16. The van der Waals surface area contributed by atoms with Gasteiger partial charge in [0, 0.05) is 31.0 Å². The van der Waals surface area contributed by atoms with Crippen molar-refractivity contribution >= 4 is 69.3 Å². The summed E-state index contributed by atoms with van der Waals surface area (Å²) in [4.78, 5) is 40.7. The van der Waals surface area contributed by atoms with Gasteiger partial charge in [-0.1, -0.05) is 40.2 Å². The van der Waals surface area contributed by atoms with Crippen LogP contribution in [0.5, 0.6) is 0 Å². The third-order valence-corrected chi connectivity index (χ3v) is 7.82. The van der Waals surface area contributed by atoms with Gasteiger partial charge in [-0.3, -0.25) is 14.4 Å². The Hall–Kier alpha value is -2.98. The van der Waals surface area contributed by atoms with Gasteiger partial charge in [0.15, 0.2) is 23.2 Å². The van der Waals surface area contributed by atoms with E-state index < -0.39 is 53.5 Å². The number of carbonyl (C=O) groups is 3. The van der Waals surface area contributed by atoms with Crippen molar-refractivity contribution in [2.24, 2.45) is 0 Å². The Labute approximate surface area is 245 Å². The molecule has 0 bridgehead atoms. The topological polar surface area (TPSA) is 158 Å². The average Bonchev–Trinajstić information content (AvgIpc) is 3.51. The lowest BCUT2D eigenvalue weighted by Crippen LogP contribution is -2.57. The van der Waals surface area contributed by atoms with Crippen LogP contribution in [-0.2, 0) is 33.3 Å². The fraction of sp³-hybridized carbons (Fsp3) is 0.391. The van der Waals surface area contributed by atoms with Crippen LogP contribution < -0.4 is 5.73 Å². The number of aromatic nitrogens is 4. The summed E-state index contributed by atoms with van der Waals surface area (Å²) < 4.78 is 38.1. The molecular formula is C23H22Cl2FN5O7S2. The largest absolute Gasteiger partial charge is 0.463 e. The summed E-state index contributed by atoms with van der Waals surface area (Å²) in [6.45, 7) is 3.28. The fourth-order valence-corrected chi connectivity index (χ4v) is 6.32. The lowest BCUT2D eigenvalue weighted by Gasteiger charge is -2.44. The molecule has 1 fully saturated rings. The van der Waals surface area contributed by atoms with Crippen molar-refractivity contribution in [3.8, 4) is 11.4 Å². The quantitative estimate of drug-likeness (QED) is 0.217. The van der Waals surface area contributed by atoms with Crippen molar-refractivity contribution in [1.29, 1.82) is 0 Å². The van der Waals surface area contributed by atoms with E-state index in [1.165, 1.54) is 55.1 Å². The molecule has 2 aromatic heterocycles. The number of halogens is 3. The molecule has 0 spiro atoms. The van der Waals surface area contributed by atoms with Gasteiger partial charge in [0.05, 0.1) is 16.2 Å². The summed E-state index contributed by atoms with van der Waals surface area (Å²) in [5.41, 5.74) is 5.52. The minimum Gasteiger partial charge on any atom is -0.463 e. The van der Waals surface area contributed by atoms with Gasteiger partial charge in [-0.2, -0.15) is 0 Å². The van der Waals surface area contributed by atoms with E-state index in [2.05, 4.69) is 15.3 Å². The van der Waals surface area contributed by atoms with Gasteiger partial charge in [0.2, 0.25) is 0 Å². The summed E-state index contributed by atoms with van der Waals surface area (Å²) in [5.74, 6) is -2.75. The number of nitrogens with zero attached hydrogens (tertiary/aromatic N) is 4. The first-order valence-electron chi connectivity index (χ1n) is 11.5. The Morgan fingerprint density at radius 1 is 1.10 bits per heavy atom. The molecule has 0 aliphatic carbocycles. The van der Waals surface area contributed by atoms with Gasteiger partial charge in [-0.05, 0) is 12.1 Å². The van der Waals surface area contributed by atoms with E-state index in [1.54, 1.807) is 5.38 Å². The van der Waals surface area contributed by atoms with Gasteiger partial charge in [-0.25, -0.2) is 14.1 Å². The van der Waals surface area contributed by atoms with Gasteiger partial charge < -0.3 is 24.7 Å². The van der Waals surface area contributed by atoms with Crippen molar-refractivity contribution in [3.05, 3.63) is 39.6 Å². The van der Waals surface area contributed by atoms with Crippen LogP contribution in [0.2, 0.25) is 10.0 Å². The Morgan fingerprint density at radius 3 is 2.33 bits per heavy atom. The molecule has 2 unspecified atom stereocenters. The Bertz CT molecular complexity index is 1400. The molecule has 1 saturated heterocycles.